The highest BCUT2D eigenvalue weighted by molar-refractivity contribution is 5.59. The van der Waals surface area contributed by atoms with Crippen molar-refractivity contribution in [1.29, 1.82) is 0 Å². The van der Waals surface area contributed by atoms with Crippen LogP contribution in [-0.2, 0) is 0 Å². The average Bonchev–Trinajstić information content (AvgIpc) is 2.90. The van der Waals surface area contributed by atoms with E-state index in [0.29, 0.717) is 11.5 Å². The van der Waals surface area contributed by atoms with Crippen molar-refractivity contribution in [1.82, 2.24) is 4.90 Å². The van der Waals surface area contributed by atoms with E-state index in [0.717, 1.165) is 5.92 Å². The SMILES string of the molecule is CCC12CCCN(CCC3c4ccccc4NC3CC1)C2. The number of benzene rings is 1. The Labute approximate surface area is 128 Å². The van der Waals surface area contributed by atoms with Crippen LogP contribution in [0.5, 0.6) is 0 Å². The number of fused-ring (bicyclic) bond motifs is 5. The van der Waals surface area contributed by atoms with Crippen LogP contribution >= 0.6 is 0 Å². The molecule has 0 spiro atoms. The number of hydrogen-bond acceptors (Lipinski definition) is 2. The van der Waals surface area contributed by atoms with Crippen molar-refractivity contribution in [2.24, 2.45) is 5.41 Å². The fourth-order valence-electron chi connectivity index (χ4n) is 5.05. The number of para-hydroxylation sites is 1. The summed E-state index contributed by atoms with van der Waals surface area (Å²) < 4.78 is 0. The van der Waals surface area contributed by atoms with Crippen LogP contribution in [0.3, 0.4) is 0 Å². The van der Waals surface area contributed by atoms with Crippen molar-refractivity contribution in [3.05, 3.63) is 29.8 Å². The normalized spacial score (nSPS) is 38.4. The molecule has 0 aromatic heterocycles. The summed E-state index contributed by atoms with van der Waals surface area (Å²) in [5.74, 6) is 0.731. The zero-order chi connectivity index (χ0) is 14.3. The van der Waals surface area contributed by atoms with Crippen molar-refractivity contribution in [2.75, 3.05) is 25.0 Å². The summed E-state index contributed by atoms with van der Waals surface area (Å²) in [5, 5.41) is 3.83. The molecular weight excluding hydrogens is 256 g/mol. The number of hydrogen-bond donors (Lipinski definition) is 1. The lowest BCUT2D eigenvalue weighted by molar-refractivity contribution is 0.0779. The topological polar surface area (TPSA) is 15.3 Å². The Morgan fingerprint density at radius 1 is 1.19 bits per heavy atom. The quantitative estimate of drug-likeness (QED) is 0.830. The molecule has 4 unspecified atom stereocenters. The molecule has 3 heterocycles. The molecular formula is C19H28N2. The lowest BCUT2D eigenvalue weighted by Crippen LogP contribution is -2.43. The van der Waals surface area contributed by atoms with Gasteiger partial charge in [-0.15, -0.1) is 0 Å². The first-order valence-electron chi connectivity index (χ1n) is 8.87. The van der Waals surface area contributed by atoms with Gasteiger partial charge in [-0.25, -0.2) is 0 Å². The Bertz CT molecular complexity index is 512. The van der Waals surface area contributed by atoms with Gasteiger partial charge in [-0.1, -0.05) is 25.1 Å². The summed E-state index contributed by atoms with van der Waals surface area (Å²) in [5.41, 5.74) is 3.58. The van der Waals surface area contributed by atoms with Gasteiger partial charge in [-0.3, -0.25) is 0 Å². The van der Waals surface area contributed by atoms with Gasteiger partial charge in [0.05, 0.1) is 0 Å². The first kappa shape index (κ1) is 13.6. The zero-order valence-corrected chi connectivity index (χ0v) is 13.3. The highest BCUT2D eigenvalue weighted by Gasteiger charge is 2.39. The van der Waals surface area contributed by atoms with E-state index in [4.69, 9.17) is 0 Å². The van der Waals surface area contributed by atoms with Crippen LogP contribution in [0.25, 0.3) is 0 Å². The van der Waals surface area contributed by atoms with Crippen LogP contribution in [0.4, 0.5) is 5.69 Å². The van der Waals surface area contributed by atoms with Crippen LogP contribution in [0, 0.1) is 5.41 Å². The van der Waals surface area contributed by atoms with Gasteiger partial charge < -0.3 is 10.2 Å². The molecule has 0 amide bonds. The molecule has 21 heavy (non-hydrogen) atoms. The Balaban J connectivity index is 1.61. The van der Waals surface area contributed by atoms with Gasteiger partial charge in [-0.2, -0.15) is 0 Å². The van der Waals surface area contributed by atoms with E-state index in [1.807, 2.05) is 0 Å². The van der Waals surface area contributed by atoms with Crippen LogP contribution < -0.4 is 5.32 Å². The average molecular weight is 284 g/mol. The number of piperidine rings is 1. The summed E-state index contributed by atoms with van der Waals surface area (Å²) in [6.07, 6.45) is 8.29. The zero-order valence-electron chi connectivity index (χ0n) is 13.3. The summed E-state index contributed by atoms with van der Waals surface area (Å²) in [6, 6.07) is 9.67. The van der Waals surface area contributed by atoms with Crippen molar-refractivity contribution >= 4 is 5.69 Å². The smallest absolute Gasteiger partial charge is 0.0378 e. The van der Waals surface area contributed by atoms with Crippen LogP contribution in [0.1, 0.15) is 56.9 Å². The standard InChI is InChI=1S/C19H28N2/c1-2-19-10-5-12-21(14-19)13-9-16-15-6-3-4-7-17(15)20-18(16)8-11-19/h3-4,6-7,16,18,20H,2,5,8-14H2,1H3. The summed E-state index contributed by atoms with van der Waals surface area (Å²) >= 11 is 0. The highest BCUT2D eigenvalue weighted by Crippen LogP contribution is 2.45. The number of nitrogens with one attached hydrogen (secondary N) is 1. The maximum Gasteiger partial charge on any atom is 0.0378 e. The molecule has 3 aliphatic heterocycles. The molecule has 1 aromatic carbocycles. The van der Waals surface area contributed by atoms with Crippen LogP contribution in [-0.4, -0.2) is 30.6 Å². The second-order valence-electron chi connectivity index (χ2n) is 7.51. The van der Waals surface area contributed by atoms with Crippen molar-refractivity contribution in [3.63, 3.8) is 0 Å². The van der Waals surface area contributed by atoms with E-state index in [1.165, 1.54) is 63.8 Å². The van der Waals surface area contributed by atoms with E-state index in [9.17, 15) is 0 Å². The maximum atomic E-state index is 3.83. The molecule has 2 heteroatoms. The fraction of sp³-hybridized carbons (Fsp3) is 0.684. The van der Waals surface area contributed by atoms with Gasteiger partial charge in [-0.05, 0) is 68.7 Å². The molecule has 2 fully saturated rings. The summed E-state index contributed by atoms with van der Waals surface area (Å²) in [7, 11) is 0. The molecule has 0 aliphatic carbocycles. The molecule has 4 rings (SSSR count). The van der Waals surface area contributed by atoms with E-state index < -0.39 is 0 Å². The second kappa shape index (κ2) is 5.31. The highest BCUT2D eigenvalue weighted by atomic mass is 15.1. The third kappa shape index (κ3) is 2.38. The first-order valence-corrected chi connectivity index (χ1v) is 8.87. The predicted molar refractivity (Wildman–Crippen MR) is 88.8 cm³/mol. The number of anilines is 1. The van der Waals surface area contributed by atoms with Crippen molar-refractivity contribution in [3.8, 4) is 0 Å². The maximum absolute atomic E-state index is 3.83. The molecule has 2 saturated heterocycles. The first-order chi connectivity index (χ1) is 10.3. The number of rotatable bonds is 1. The van der Waals surface area contributed by atoms with Gasteiger partial charge >= 0.3 is 0 Å². The lowest BCUT2D eigenvalue weighted by atomic mass is 9.73. The largest absolute Gasteiger partial charge is 0.381 e. The Morgan fingerprint density at radius 3 is 3.00 bits per heavy atom. The van der Waals surface area contributed by atoms with Gasteiger partial charge in [0.15, 0.2) is 0 Å². The second-order valence-corrected chi connectivity index (χ2v) is 7.51. The summed E-state index contributed by atoms with van der Waals surface area (Å²) in [6.45, 7) is 6.38. The molecule has 0 radical (unpaired) electrons. The Kier molecular flexibility index (Phi) is 3.45. The van der Waals surface area contributed by atoms with Crippen LogP contribution in [0.15, 0.2) is 24.3 Å². The Hall–Kier alpha value is -1.02. The molecule has 4 atom stereocenters. The monoisotopic (exact) mass is 284 g/mol. The third-order valence-corrected chi connectivity index (χ3v) is 6.42. The Morgan fingerprint density at radius 2 is 2.10 bits per heavy atom. The van der Waals surface area contributed by atoms with Crippen molar-refractivity contribution in [2.45, 2.75) is 57.4 Å². The molecule has 2 nitrogen and oxygen atoms in total. The number of nitrogens with zero attached hydrogens (tertiary/aromatic N) is 1. The molecule has 3 aliphatic rings. The van der Waals surface area contributed by atoms with Crippen LogP contribution in [0.2, 0.25) is 0 Å². The predicted octanol–water partition coefficient (Wildman–Crippen LogP) is 4.24. The minimum atomic E-state index is 0.601. The van der Waals surface area contributed by atoms with E-state index in [1.54, 1.807) is 5.56 Å². The van der Waals surface area contributed by atoms with E-state index >= 15 is 0 Å². The third-order valence-electron chi connectivity index (χ3n) is 6.42. The molecule has 114 valence electrons. The van der Waals surface area contributed by atoms with Gasteiger partial charge in [0.1, 0.15) is 0 Å². The lowest BCUT2D eigenvalue weighted by Gasteiger charge is -2.42. The van der Waals surface area contributed by atoms with Gasteiger partial charge in [0.2, 0.25) is 0 Å². The minimum Gasteiger partial charge on any atom is -0.381 e. The molecule has 0 saturated carbocycles. The summed E-state index contributed by atoms with van der Waals surface area (Å²) in [4.78, 5) is 2.76. The molecule has 2 bridgehead atoms. The fourth-order valence-corrected chi connectivity index (χ4v) is 5.05. The van der Waals surface area contributed by atoms with Gasteiger partial charge in [0.25, 0.3) is 0 Å². The van der Waals surface area contributed by atoms with Gasteiger partial charge in [0, 0.05) is 24.2 Å². The van der Waals surface area contributed by atoms with Crippen molar-refractivity contribution < 1.29 is 0 Å². The minimum absolute atomic E-state index is 0.601. The van der Waals surface area contributed by atoms with E-state index in [-0.39, 0.29) is 0 Å². The molecule has 1 aromatic rings. The molecule has 1 N–H and O–H groups in total. The van der Waals surface area contributed by atoms with E-state index in [2.05, 4.69) is 41.4 Å².